The Balaban J connectivity index is 4.43. The fraction of sp³-hybridized carbons (Fsp3) is 0. The van der Waals surface area contributed by atoms with Gasteiger partial charge in [-0.05, 0) is 0 Å². The van der Waals surface area contributed by atoms with Gasteiger partial charge in [0.1, 0.15) is 0 Å². The van der Waals surface area contributed by atoms with Crippen LogP contribution in [0.15, 0.2) is 0 Å². The summed E-state index contributed by atoms with van der Waals surface area (Å²) in [6.07, 6.45) is 0. The van der Waals surface area contributed by atoms with Crippen molar-refractivity contribution in [3.05, 3.63) is 0 Å². The van der Waals surface area contributed by atoms with Crippen molar-refractivity contribution in [1.82, 2.24) is 0 Å². The van der Waals surface area contributed by atoms with Crippen molar-refractivity contribution < 1.29 is 10.8 Å². The molecule has 0 bridgehead atoms. The summed E-state index contributed by atoms with van der Waals surface area (Å²) < 4.78 is 19.3. The van der Waals surface area contributed by atoms with E-state index in [1.807, 2.05) is 0 Å². The van der Waals surface area contributed by atoms with Gasteiger partial charge in [0.15, 0.2) is 0 Å². The molecule has 0 aromatic heterocycles. The van der Waals surface area contributed by atoms with Crippen molar-refractivity contribution in [2.45, 2.75) is 0 Å². The van der Waals surface area contributed by atoms with Crippen LogP contribution in [0.1, 0.15) is 0 Å². The quantitative estimate of drug-likeness (QED) is 0.478. The van der Waals surface area contributed by atoms with Gasteiger partial charge in [-0.25, -0.2) is 0 Å². The monoisotopic (exact) mass is 167 g/mol. The molecule has 0 atom stereocenters. The molecule has 0 nitrogen and oxygen atoms in total. The van der Waals surface area contributed by atoms with Crippen LogP contribution in [0.3, 0.4) is 0 Å². The molecule has 0 aliphatic heterocycles. The zero-order chi connectivity index (χ0) is 6.41. The molecule has 0 heterocycles. The van der Waals surface area contributed by atoms with Crippen LogP contribution in [0.5, 0.6) is 0 Å². The third-order valence-corrected chi connectivity index (χ3v) is 0. The van der Waals surface area contributed by atoms with Gasteiger partial charge in [0.2, 0.25) is 0 Å². The van der Waals surface area contributed by atoms with Crippen LogP contribution in [0.4, 0.5) is 0 Å². The molecule has 0 radical (unpaired) electrons. The van der Waals surface area contributed by atoms with E-state index in [1.165, 1.54) is 0 Å². The van der Waals surface area contributed by atoms with E-state index in [9.17, 15) is 0 Å². The first-order valence-corrected chi connectivity index (χ1v) is 4.96. The first kappa shape index (κ1) is 1.90. The summed E-state index contributed by atoms with van der Waals surface area (Å²) in [7, 11) is 8.57. The molecule has 0 saturated carbocycles. The number of halogens is 3. The van der Waals surface area contributed by atoms with Gasteiger partial charge < -0.3 is 0 Å². The minimum absolute atomic E-state index is 4.72. The van der Waals surface area contributed by atoms with Crippen molar-refractivity contribution >= 4 is 30.3 Å². The Kier molecular flexibility index (Phi) is 1.24. The molecule has 0 rings (SSSR count). The summed E-state index contributed by atoms with van der Waals surface area (Å²) in [5.41, 5.74) is 0. The van der Waals surface area contributed by atoms with Gasteiger partial charge in [-0.3, -0.25) is 0 Å². The second-order valence-electron chi connectivity index (χ2n) is 0.152. The third-order valence-electron chi connectivity index (χ3n) is 0. The van der Waals surface area contributed by atoms with Gasteiger partial charge in [0.05, 0.1) is 0 Å². The van der Waals surface area contributed by atoms with E-state index in [2.05, 4.69) is 0 Å². The molecule has 0 aliphatic carbocycles. The molecule has 0 aromatic carbocycles. The average molecular weight is 168 g/mol. The molecular formula is H3Cl3Fe. The Hall–Kier alpha value is 1.39. The third kappa shape index (κ3) is 10.0. The van der Waals surface area contributed by atoms with Gasteiger partial charge in [-0.15, -0.1) is 0 Å². The molecule has 0 N–H and O–H groups in total. The Labute approximate surface area is 44.2 Å². The Bertz CT molecular complexity index is 68.7. The summed E-state index contributed by atoms with van der Waals surface area (Å²) in [5.74, 6) is 0. The van der Waals surface area contributed by atoms with E-state index >= 15 is 0 Å². The second kappa shape index (κ2) is 2.62. The van der Waals surface area contributed by atoms with Crippen LogP contribution in [0.2, 0.25) is 0 Å². The fourth-order valence-electron chi connectivity index (χ4n) is 0. The van der Waals surface area contributed by atoms with Gasteiger partial charge in [-0.1, -0.05) is 0 Å². The molecule has 0 unspecified atom stereocenters. The van der Waals surface area contributed by atoms with Gasteiger partial charge in [0, 0.05) is 0 Å². The van der Waals surface area contributed by atoms with Crippen LogP contribution in [-0.2, 0) is 10.8 Å². The molecule has 0 aliphatic rings. The Morgan fingerprint density at radius 1 is 1.50 bits per heavy atom. The van der Waals surface area contributed by atoms with Crippen molar-refractivity contribution in [2.75, 3.05) is 0 Å². The Morgan fingerprint density at radius 3 is 1.50 bits per heavy atom. The van der Waals surface area contributed by atoms with Crippen molar-refractivity contribution in [3.63, 3.8) is 0 Å². The zero-order valence-electron chi connectivity index (χ0n) is 4.49. The van der Waals surface area contributed by atoms with Crippen LogP contribution < -0.4 is 0 Å². The predicted molar refractivity (Wildman–Crippen MR) is 21.7 cm³/mol. The van der Waals surface area contributed by atoms with Crippen LogP contribution >= 0.6 is 30.3 Å². The summed E-state index contributed by atoms with van der Waals surface area (Å²) in [4.78, 5) is 0. The second-order valence-corrected chi connectivity index (χ2v) is 5.62. The molecule has 4 heavy (non-hydrogen) atoms. The molecule has 0 spiro atoms. The van der Waals surface area contributed by atoms with E-state index in [4.69, 9.17) is 33.2 Å². The average Bonchev–Trinajstić information content (AvgIpc) is 0.592. The van der Waals surface area contributed by atoms with Crippen molar-refractivity contribution in [1.29, 1.82) is 2.86 Å². The normalized spacial score (nSPS) is 41.2. The molecule has 32 valence electrons. The SMILES string of the molecule is [2H][Fe]([2H])([2H])([Cl])([Cl])[Cl]. The summed E-state index contributed by atoms with van der Waals surface area (Å²) in [6, 6.07) is 0. The summed E-state index contributed by atoms with van der Waals surface area (Å²) in [5, 5.41) is 0. The zero-order valence-corrected chi connectivity index (χ0v) is 4.86. The minimum atomic E-state index is -5.58. The van der Waals surface area contributed by atoms with E-state index in [-0.39, 0.29) is 0 Å². The Morgan fingerprint density at radius 2 is 1.50 bits per heavy atom. The molecular weight excluding hydrogens is 162 g/mol. The first-order chi connectivity index (χ1) is 2.45. The van der Waals surface area contributed by atoms with Gasteiger partial charge in [0.25, 0.3) is 0 Å². The maximum atomic E-state index is 6.42. The molecule has 0 saturated heterocycles. The number of hydrogen-bond acceptors (Lipinski definition) is 0. The maximum absolute atomic E-state index is 6.42. The fourth-order valence-corrected chi connectivity index (χ4v) is 0. The molecule has 0 aromatic rings. The molecule has 0 fully saturated rings. The topological polar surface area (TPSA) is 0 Å². The van der Waals surface area contributed by atoms with Gasteiger partial charge in [-0.2, -0.15) is 0 Å². The van der Waals surface area contributed by atoms with Gasteiger partial charge >= 0.3 is 43.9 Å². The first-order valence-electron chi connectivity index (χ1n) is 1.46. The van der Waals surface area contributed by atoms with Crippen LogP contribution in [0.25, 0.3) is 0 Å². The van der Waals surface area contributed by atoms with E-state index in [1.54, 1.807) is 0 Å². The summed E-state index contributed by atoms with van der Waals surface area (Å²) >= 11 is 0. The molecule has 4 heteroatoms. The van der Waals surface area contributed by atoms with Crippen molar-refractivity contribution in [3.8, 4) is 0 Å². The van der Waals surface area contributed by atoms with E-state index in [0.29, 0.717) is 0 Å². The van der Waals surface area contributed by atoms with E-state index in [0.717, 1.165) is 0 Å². The van der Waals surface area contributed by atoms with Crippen LogP contribution in [0, 0.1) is 0 Å². The number of rotatable bonds is 0. The standard InChI is InChI=1S/3ClH.Fe.3H/h3*1H;;;;/q;;;+3;;;/p-3/i;;;;3*1+1. The summed E-state index contributed by atoms with van der Waals surface area (Å²) in [6.45, 7) is 0. The van der Waals surface area contributed by atoms with E-state index < -0.39 is 10.8 Å². The predicted octanol–water partition coefficient (Wildman–Crippen LogP) is 1.26. The van der Waals surface area contributed by atoms with Crippen LogP contribution in [-0.4, -0.2) is 2.86 Å². The van der Waals surface area contributed by atoms with Crippen molar-refractivity contribution in [2.24, 2.45) is 0 Å². The number of hydrogen-bond donors (Lipinski definition) is 0. The molecule has 0 amide bonds.